The summed E-state index contributed by atoms with van der Waals surface area (Å²) in [7, 11) is 0. The molecule has 0 spiro atoms. The summed E-state index contributed by atoms with van der Waals surface area (Å²) in [5.74, 6) is 1.43. The topological polar surface area (TPSA) is 20.2 Å². The number of hydrogen-bond acceptors (Lipinski definition) is 1. The third-order valence-corrected chi connectivity index (χ3v) is 2.66. The van der Waals surface area contributed by atoms with Crippen LogP contribution >= 0.6 is 0 Å². The van der Waals surface area contributed by atoms with E-state index in [0.29, 0.717) is 5.92 Å². The first-order chi connectivity index (χ1) is 4.70. The molecule has 0 aliphatic heterocycles. The molecule has 0 amide bonds. The lowest BCUT2D eigenvalue weighted by atomic mass is 9.80. The van der Waals surface area contributed by atoms with Crippen LogP contribution in [0, 0.1) is 11.8 Å². The number of rotatable bonds is 1. The molecule has 0 aromatic carbocycles. The molecule has 2 unspecified atom stereocenters. The van der Waals surface area contributed by atoms with Gasteiger partial charge in [-0.15, -0.1) is 0 Å². The smallest absolute Gasteiger partial charge is 0.0540 e. The van der Waals surface area contributed by atoms with E-state index < -0.39 is 0 Å². The molecule has 60 valence electrons. The fourth-order valence-corrected chi connectivity index (χ4v) is 1.92. The minimum absolute atomic E-state index is 0.0808. The summed E-state index contributed by atoms with van der Waals surface area (Å²) >= 11 is 0. The van der Waals surface area contributed by atoms with Crippen molar-refractivity contribution in [1.29, 1.82) is 0 Å². The maximum absolute atomic E-state index is 9.29. The van der Waals surface area contributed by atoms with Gasteiger partial charge in [-0.25, -0.2) is 0 Å². The van der Waals surface area contributed by atoms with Crippen molar-refractivity contribution in [1.82, 2.24) is 0 Å². The molecular weight excluding hydrogens is 124 g/mol. The second-order valence-corrected chi connectivity index (χ2v) is 3.77. The molecule has 1 nitrogen and oxygen atoms in total. The predicted octanol–water partition coefficient (Wildman–Crippen LogP) is 2.19. The summed E-state index contributed by atoms with van der Waals surface area (Å²) in [6.07, 6.45) is 5.07. The first kappa shape index (κ1) is 8.06. The zero-order valence-corrected chi connectivity index (χ0v) is 7.01. The molecule has 1 N–H and O–H groups in total. The van der Waals surface area contributed by atoms with Crippen molar-refractivity contribution in [3.63, 3.8) is 0 Å². The van der Waals surface area contributed by atoms with Gasteiger partial charge < -0.3 is 5.11 Å². The molecule has 1 rings (SSSR count). The normalized spacial score (nSPS) is 37.5. The molecule has 3 atom stereocenters. The molecule has 10 heavy (non-hydrogen) atoms. The summed E-state index contributed by atoms with van der Waals surface area (Å²) in [5.41, 5.74) is 0. The van der Waals surface area contributed by atoms with Crippen LogP contribution in [0.5, 0.6) is 0 Å². The van der Waals surface area contributed by atoms with E-state index in [0.717, 1.165) is 5.92 Å². The Balaban J connectivity index is 2.32. The maximum atomic E-state index is 9.29. The van der Waals surface area contributed by atoms with Crippen LogP contribution < -0.4 is 0 Å². The molecule has 0 bridgehead atoms. The van der Waals surface area contributed by atoms with Gasteiger partial charge in [-0.3, -0.25) is 0 Å². The largest absolute Gasteiger partial charge is 0.393 e. The van der Waals surface area contributed by atoms with Gasteiger partial charge in [-0.2, -0.15) is 0 Å². The number of hydrogen-bond donors (Lipinski definition) is 1. The van der Waals surface area contributed by atoms with Crippen LogP contribution in [0.2, 0.25) is 0 Å². The summed E-state index contributed by atoms with van der Waals surface area (Å²) < 4.78 is 0. The van der Waals surface area contributed by atoms with E-state index in [1.54, 1.807) is 0 Å². The van der Waals surface area contributed by atoms with E-state index in [1.165, 1.54) is 25.7 Å². The van der Waals surface area contributed by atoms with Gasteiger partial charge in [0.05, 0.1) is 6.10 Å². The van der Waals surface area contributed by atoms with E-state index in [-0.39, 0.29) is 6.10 Å². The van der Waals surface area contributed by atoms with Gasteiger partial charge in [-0.1, -0.05) is 19.8 Å². The Kier molecular flexibility index (Phi) is 2.72. The van der Waals surface area contributed by atoms with Crippen molar-refractivity contribution in [3.05, 3.63) is 0 Å². The molecule has 0 heterocycles. The highest BCUT2D eigenvalue weighted by Crippen LogP contribution is 2.30. The van der Waals surface area contributed by atoms with Gasteiger partial charge in [0.15, 0.2) is 0 Å². The minimum Gasteiger partial charge on any atom is -0.393 e. The highest BCUT2D eigenvalue weighted by molar-refractivity contribution is 4.73. The van der Waals surface area contributed by atoms with Crippen molar-refractivity contribution in [3.8, 4) is 0 Å². The Morgan fingerprint density at radius 1 is 1.40 bits per heavy atom. The molecule has 0 radical (unpaired) electrons. The Labute approximate surface area is 63.4 Å². The predicted molar refractivity (Wildman–Crippen MR) is 42.8 cm³/mol. The fourth-order valence-electron chi connectivity index (χ4n) is 1.92. The average Bonchev–Trinajstić information content (AvgIpc) is 1.88. The standard InChI is InChI=1S/C9H18O/c1-7-4-3-5-9(6-7)8(2)10/h7-10H,3-6H2,1-2H3/t7?,8-,9?/m1/s1. The number of aliphatic hydroxyl groups is 1. The summed E-state index contributed by atoms with van der Waals surface area (Å²) in [6.45, 7) is 4.21. The molecule has 1 heteroatoms. The zero-order valence-electron chi connectivity index (χ0n) is 7.01. The molecule has 1 aliphatic carbocycles. The molecule has 0 aromatic heterocycles. The molecular formula is C9H18O. The molecule has 1 aliphatic rings. The summed E-state index contributed by atoms with van der Waals surface area (Å²) in [4.78, 5) is 0. The molecule has 0 saturated heterocycles. The number of aliphatic hydroxyl groups excluding tert-OH is 1. The van der Waals surface area contributed by atoms with Crippen LogP contribution in [0.3, 0.4) is 0 Å². The van der Waals surface area contributed by atoms with Crippen molar-refractivity contribution in [2.45, 2.75) is 45.6 Å². The van der Waals surface area contributed by atoms with Crippen LogP contribution in [0.25, 0.3) is 0 Å². The Morgan fingerprint density at radius 2 is 2.10 bits per heavy atom. The first-order valence-electron chi connectivity index (χ1n) is 4.38. The second kappa shape index (κ2) is 3.38. The van der Waals surface area contributed by atoms with Crippen molar-refractivity contribution in [2.75, 3.05) is 0 Å². The second-order valence-electron chi connectivity index (χ2n) is 3.77. The van der Waals surface area contributed by atoms with Crippen molar-refractivity contribution in [2.24, 2.45) is 11.8 Å². The van der Waals surface area contributed by atoms with Gasteiger partial charge >= 0.3 is 0 Å². The third-order valence-electron chi connectivity index (χ3n) is 2.66. The lowest BCUT2D eigenvalue weighted by Gasteiger charge is -2.28. The van der Waals surface area contributed by atoms with Crippen LogP contribution in [-0.2, 0) is 0 Å². The van der Waals surface area contributed by atoms with Crippen LogP contribution in [0.1, 0.15) is 39.5 Å². The Morgan fingerprint density at radius 3 is 2.50 bits per heavy atom. The van der Waals surface area contributed by atoms with E-state index in [2.05, 4.69) is 6.92 Å². The van der Waals surface area contributed by atoms with Gasteiger partial charge in [0.1, 0.15) is 0 Å². The van der Waals surface area contributed by atoms with Gasteiger partial charge in [-0.05, 0) is 31.6 Å². The van der Waals surface area contributed by atoms with Crippen LogP contribution in [0.15, 0.2) is 0 Å². The molecule has 1 saturated carbocycles. The minimum atomic E-state index is -0.0808. The van der Waals surface area contributed by atoms with Crippen molar-refractivity contribution >= 4 is 0 Å². The fraction of sp³-hybridized carbons (Fsp3) is 1.00. The molecule has 1 fully saturated rings. The average molecular weight is 142 g/mol. The Hall–Kier alpha value is -0.0400. The summed E-state index contributed by atoms with van der Waals surface area (Å²) in [5, 5.41) is 9.29. The lowest BCUT2D eigenvalue weighted by Crippen LogP contribution is -2.23. The van der Waals surface area contributed by atoms with Gasteiger partial charge in [0.2, 0.25) is 0 Å². The van der Waals surface area contributed by atoms with E-state index in [1.807, 2.05) is 6.92 Å². The third kappa shape index (κ3) is 1.98. The van der Waals surface area contributed by atoms with E-state index >= 15 is 0 Å². The lowest BCUT2D eigenvalue weighted by molar-refractivity contribution is 0.0866. The maximum Gasteiger partial charge on any atom is 0.0540 e. The Bertz CT molecular complexity index is 98.9. The first-order valence-corrected chi connectivity index (χ1v) is 4.38. The van der Waals surface area contributed by atoms with Crippen molar-refractivity contribution < 1.29 is 5.11 Å². The SMILES string of the molecule is CC1CCCC([C@@H](C)O)C1. The van der Waals surface area contributed by atoms with E-state index in [9.17, 15) is 5.11 Å². The van der Waals surface area contributed by atoms with Gasteiger partial charge in [0, 0.05) is 0 Å². The highest BCUT2D eigenvalue weighted by Gasteiger charge is 2.21. The van der Waals surface area contributed by atoms with Crippen LogP contribution in [-0.4, -0.2) is 11.2 Å². The zero-order chi connectivity index (χ0) is 7.56. The quantitative estimate of drug-likeness (QED) is 0.595. The summed E-state index contributed by atoms with van der Waals surface area (Å²) in [6, 6.07) is 0. The highest BCUT2D eigenvalue weighted by atomic mass is 16.3. The molecule has 0 aromatic rings. The van der Waals surface area contributed by atoms with Gasteiger partial charge in [0.25, 0.3) is 0 Å². The monoisotopic (exact) mass is 142 g/mol. The van der Waals surface area contributed by atoms with E-state index in [4.69, 9.17) is 0 Å². The van der Waals surface area contributed by atoms with Crippen LogP contribution in [0.4, 0.5) is 0 Å².